The zero-order valence-electron chi connectivity index (χ0n) is 20.9. The molecule has 2 bridgehead atoms. The van der Waals surface area contributed by atoms with Gasteiger partial charge in [-0.25, -0.2) is 0 Å². The van der Waals surface area contributed by atoms with Gasteiger partial charge in [-0.3, -0.25) is 4.79 Å². The summed E-state index contributed by atoms with van der Waals surface area (Å²) in [6.45, 7) is 11.5. The Balaban J connectivity index is 1.50. The number of carbonyl (C=O) groups is 1. The van der Waals surface area contributed by atoms with Crippen LogP contribution in [-0.4, -0.2) is 44.9 Å². The van der Waals surface area contributed by atoms with E-state index in [0.29, 0.717) is 13.0 Å². The molecule has 6 rings (SSSR count). The zero-order chi connectivity index (χ0) is 24.1. The third kappa shape index (κ3) is 4.04. The molecule has 1 amide bonds. The molecule has 5 atom stereocenters. The quantitative estimate of drug-likeness (QED) is 0.666. The zero-order valence-corrected chi connectivity index (χ0v) is 21.9. The lowest BCUT2D eigenvalue weighted by Gasteiger charge is -2.45. The van der Waals surface area contributed by atoms with Gasteiger partial charge in [0.2, 0.25) is 5.91 Å². The molecule has 4 aliphatic rings. The molecular formula is C28H37NO4Si. The minimum absolute atomic E-state index is 0.0363. The van der Waals surface area contributed by atoms with Gasteiger partial charge in [-0.15, -0.1) is 0 Å². The summed E-state index contributed by atoms with van der Waals surface area (Å²) in [5.41, 5.74) is 0. The van der Waals surface area contributed by atoms with Gasteiger partial charge in [-0.05, 0) is 41.6 Å². The second kappa shape index (κ2) is 8.59. The standard InChI is InChI=1S/C28H37NO4Si/c1-27(2,3)34(20-12-8-6-9-13-20,21-14-10-7-11-15-21)31-18-19-16-23-26-25(32-28(4,5)33-26)22(19)17-24(30)29-23/h6-15,19,22-23,25-26H,16-18H2,1-5H3,(H,29,30)/t19-,22+,23-,25+,26-/m1/s1. The molecule has 0 radical (unpaired) electrons. The number of benzene rings is 2. The maximum absolute atomic E-state index is 12.6. The molecule has 0 aromatic heterocycles. The van der Waals surface area contributed by atoms with Crippen molar-refractivity contribution in [3.8, 4) is 0 Å². The molecule has 3 aliphatic heterocycles. The summed E-state index contributed by atoms with van der Waals surface area (Å²) in [6, 6.07) is 21.4. The second-order valence-corrected chi connectivity index (χ2v) is 15.9. The highest BCUT2D eigenvalue weighted by molar-refractivity contribution is 6.99. The Morgan fingerprint density at radius 1 is 0.971 bits per heavy atom. The van der Waals surface area contributed by atoms with Crippen LogP contribution in [0.25, 0.3) is 0 Å². The van der Waals surface area contributed by atoms with Crippen LogP contribution >= 0.6 is 0 Å². The first-order chi connectivity index (χ1) is 16.1. The van der Waals surface area contributed by atoms with Gasteiger partial charge >= 0.3 is 0 Å². The molecule has 34 heavy (non-hydrogen) atoms. The van der Waals surface area contributed by atoms with E-state index in [2.05, 4.69) is 86.8 Å². The normalized spacial score (nSPS) is 30.5. The third-order valence-corrected chi connectivity index (χ3v) is 12.8. The van der Waals surface area contributed by atoms with Gasteiger partial charge in [-0.2, -0.15) is 0 Å². The van der Waals surface area contributed by atoms with Crippen LogP contribution in [0.1, 0.15) is 47.5 Å². The van der Waals surface area contributed by atoms with Crippen molar-refractivity contribution in [3.05, 3.63) is 60.7 Å². The molecule has 2 aromatic carbocycles. The maximum atomic E-state index is 12.6. The molecule has 0 unspecified atom stereocenters. The first-order valence-electron chi connectivity index (χ1n) is 12.5. The summed E-state index contributed by atoms with van der Waals surface area (Å²) >= 11 is 0. The molecule has 3 saturated heterocycles. The number of hydrogen-bond acceptors (Lipinski definition) is 4. The monoisotopic (exact) mass is 479 g/mol. The Labute approximate surface area is 204 Å². The number of amides is 1. The molecule has 1 saturated carbocycles. The highest BCUT2D eigenvalue weighted by Gasteiger charge is 2.58. The average Bonchev–Trinajstić information content (AvgIpc) is 2.96. The van der Waals surface area contributed by atoms with E-state index in [4.69, 9.17) is 13.9 Å². The number of ether oxygens (including phenoxy) is 2. The number of hydrogen-bond donors (Lipinski definition) is 1. The topological polar surface area (TPSA) is 56.8 Å². The number of fused-ring (bicyclic) bond motifs is 3. The Hall–Kier alpha value is -1.99. The first-order valence-corrected chi connectivity index (χ1v) is 14.4. The van der Waals surface area contributed by atoms with E-state index in [1.54, 1.807) is 0 Å². The summed E-state index contributed by atoms with van der Waals surface area (Å²) in [7, 11) is -2.63. The van der Waals surface area contributed by atoms with Gasteiger partial charge < -0.3 is 19.2 Å². The number of nitrogens with one attached hydrogen (secondary N) is 1. The van der Waals surface area contributed by atoms with Gasteiger partial charge in [-0.1, -0.05) is 81.4 Å². The van der Waals surface area contributed by atoms with E-state index in [9.17, 15) is 4.79 Å². The first kappa shape index (κ1) is 23.7. The van der Waals surface area contributed by atoms with Crippen LogP contribution in [-0.2, 0) is 18.7 Å². The lowest BCUT2D eigenvalue weighted by Crippen LogP contribution is -2.67. The van der Waals surface area contributed by atoms with E-state index < -0.39 is 14.1 Å². The largest absolute Gasteiger partial charge is 0.407 e. The molecule has 182 valence electrons. The van der Waals surface area contributed by atoms with E-state index in [1.807, 2.05) is 13.8 Å². The van der Waals surface area contributed by atoms with Crippen molar-refractivity contribution in [2.45, 2.75) is 76.5 Å². The van der Waals surface area contributed by atoms with E-state index >= 15 is 0 Å². The van der Waals surface area contributed by atoms with Crippen molar-refractivity contribution >= 4 is 24.6 Å². The SMILES string of the molecule is CC1(C)O[C@H]2[C@H]3CC(=O)N[C@H](C[C@@H]3CO[Si](c3ccccc3)(c3ccccc3)C(C)(C)C)[C@H]2O1. The number of carbonyl (C=O) groups excluding carboxylic acids is 1. The van der Waals surface area contributed by atoms with Crippen molar-refractivity contribution in [3.63, 3.8) is 0 Å². The lowest BCUT2D eigenvalue weighted by molar-refractivity contribution is -0.154. The Morgan fingerprint density at radius 2 is 1.53 bits per heavy atom. The Morgan fingerprint density at radius 3 is 2.09 bits per heavy atom. The summed E-state index contributed by atoms with van der Waals surface area (Å²) in [4.78, 5) is 12.6. The highest BCUT2D eigenvalue weighted by Crippen LogP contribution is 2.46. The average molecular weight is 480 g/mol. The molecule has 3 heterocycles. The van der Waals surface area contributed by atoms with E-state index in [0.717, 1.165) is 6.42 Å². The van der Waals surface area contributed by atoms with E-state index in [1.165, 1.54) is 10.4 Å². The van der Waals surface area contributed by atoms with Crippen molar-refractivity contribution < 1.29 is 18.7 Å². The minimum atomic E-state index is -2.63. The molecular weight excluding hydrogens is 442 g/mol. The summed E-state index contributed by atoms with van der Waals surface area (Å²) in [5.74, 6) is -0.211. The molecule has 2 aromatic rings. The van der Waals surface area contributed by atoms with E-state index in [-0.39, 0.29) is 41.0 Å². The van der Waals surface area contributed by atoms with Crippen LogP contribution < -0.4 is 15.7 Å². The third-order valence-electron chi connectivity index (χ3n) is 7.84. The summed E-state index contributed by atoms with van der Waals surface area (Å²) in [6.07, 6.45) is 1.15. The van der Waals surface area contributed by atoms with Crippen LogP contribution in [0.3, 0.4) is 0 Å². The Bertz CT molecular complexity index is 980. The Kier molecular flexibility index (Phi) is 6.00. The fourth-order valence-corrected chi connectivity index (χ4v) is 11.1. The van der Waals surface area contributed by atoms with Gasteiger partial charge in [0.1, 0.15) is 6.10 Å². The van der Waals surface area contributed by atoms with Crippen LogP contribution in [0.4, 0.5) is 0 Å². The molecule has 1 aliphatic carbocycles. The van der Waals surface area contributed by atoms with Crippen molar-refractivity contribution in [1.82, 2.24) is 5.32 Å². The molecule has 0 spiro atoms. The molecule has 4 fully saturated rings. The van der Waals surface area contributed by atoms with Crippen LogP contribution in [0, 0.1) is 11.8 Å². The van der Waals surface area contributed by atoms with Gasteiger partial charge in [0.15, 0.2) is 5.79 Å². The van der Waals surface area contributed by atoms with Crippen LogP contribution in [0.5, 0.6) is 0 Å². The molecule has 6 heteroatoms. The second-order valence-electron chi connectivity index (χ2n) is 11.6. The lowest BCUT2D eigenvalue weighted by atomic mass is 9.74. The van der Waals surface area contributed by atoms with Gasteiger partial charge in [0, 0.05) is 18.9 Å². The summed E-state index contributed by atoms with van der Waals surface area (Å²) < 4.78 is 19.8. The molecule has 1 N–H and O–H groups in total. The highest BCUT2D eigenvalue weighted by atomic mass is 28.4. The number of rotatable bonds is 5. The molecule has 5 nitrogen and oxygen atoms in total. The minimum Gasteiger partial charge on any atom is -0.407 e. The van der Waals surface area contributed by atoms with Crippen LogP contribution in [0.2, 0.25) is 5.04 Å². The fourth-order valence-electron chi connectivity index (χ4n) is 6.45. The maximum Gasteiger partial charge on any atom is 0.261 e. The van der Waals surface area contributed by atoms with Crippen molar-refractivity contribution in [2.75, 3.05) is 6.61 Å². The predicted molar refractivity (Wildman–Crippen MR) is 136 cm³/mol. The smallest absolute Gasteiger partial charge is 0.261 e. The van der Waals surface area contributed by atoms with Crippen molar-refractivity contribution in [1.29, 1.82) is 0 Å². The fraction of sp³-hybridized carbons (Fsp3) is 0.536. The van der Waals surface area contributed by atoms with Gasteiger partial charge in [0.05, 0.1) is 12.1 Å². The summed E-state index contributed by atoms with van der Waals surface area (Å²) in [5, 5.41) is 5.69. The predicted octanol–water partition coefficient (Wildman–Crippen LogP) is 3.61. The van der Waals surface area contributed by atoms with Gasteiger partial charge in [0.25, 0.3) is 8.32 Å². The van der Waals surface area contributed by atoms with Crippen molar-refractivity contribution in [2.24, 2.45) is 11.8 Å². The van der Waals surface area contributed by atoms with Crippen LogP contribution in [0.15, 0.2) is 60.7 Å².